The lowest BCUT2D eigenvalue weighted by Crippen LogP contribution is -2.42. The summed E-state index contributed by atoms with van der Waals surface area (Å²) < 4.78 is 0. The number of amides is 1. The number of hydrogen-bond donors (Lipinski definition) is 1. The second-order valence-electron chi connectivity index (χ2n) is 5.44. The van der Waals surface area contributed by atoms with Crippen LogP contribution in [-0.2, 0) is 0 Å². The SMILES string of the molecule is O=C(NC1CCCCC1Cl)c1ccc2ccccc2c1. The van der Waals surface area contributed by atoms with Crippen LogP contribution in [0, 0.1) is 0 Å². The Bertz CT molecular complexity index is 625. The van der Waals surface area contributed by atoms with Crippen LogP contribution in [0.3, 0.4) is 0 Å². The number of alkyl halides is 1. The fraction of sp³-hybridized carbons (Fsp3) is 0.353. The Morgan fingerprint density at radius 3 is 2.60 bits per heavy atom. The third kappa shape index (κ3) is 2.80. The molecular weight excluding hydrogens is 270 g/mol. The lowest BCUT2D eigenvalue weighted by molar-refractivity contribution is 0.0929. The van der Waals surface area contributed by atoms with E-state index >= 15 is 0 Å². The van der Waals surface area contributed by atoms with Crippen molar-refractivity contribution in [3.8, 4) is 0 Å². The highest BCUT2D eigenvalue weighted by Crippen LogP contribution is 2.23. The Balaban J connectivity index is 1.78. The zero-order valence-electron chi connectivity index (χ0n) is 11.3. The number of benzene rings is 2. The lowest BCUT2D eigenvalue weighted by Gasteiger charge is -2.27. The number of hydrogen-bond acceptors (Lipinski definition) is 1. The van der Waals surface area contributed by atoms with Gasteiger partial charge < -0.3 is 5.32 Å². The van der Waals surface area contributed by atoms with Gasteiger partial charge in [-0.15, -0.1) is 11.6 Å². The van der Waals surface area contributed by atoms with Crippen LogP contribution in [0.5, 0.6) is 0 Å². The highest BCUT2D eigenvalue weighted by molar-refractivity contribution is 6.21. The Morgan fingerprint density at radius 1 is 1.05 bits per heavy atom. The van der Waals surface area contributed by atoms with Crippen LogP contribution in [0.2, 0.25) is 0 Å². The summed E-state index contributed by atoms with van der Waals surface area (Å²) in [4.78, 5) is 12.3. The van der Waals surface area contributed by atoms with Gasteiger partial charge in [0, 0.05) is 11.6 Å². The average molecular weight is 288 g/mol. The summed E-state index contributed by atoms with van der Waals surface area (Å²) in [7, 11) is 0. The maximum absolute atomic E-state index is 12.3. The van der Waals surface area contributed by atoms with Gasteiger partial charge in [-0.2, -0.15) is 0 Å². The summed E-state index contributed by atoms with van der Waals surface area (Å²) >= 11 is 6.29. The maximum Gasteiger partial charge on any atom is 0.251 e. The summed E-state index contributed by atoms with van der Waals surface area (Å²) in [5.41, 5.74) is 0.707. The molecule has 0 radical (unpaired) electrons. The van der Waals surface area contributed by atoms with Crippen molar-refractivity contribution in [1.82, 2.24) is 5.32 Å². The Hall–Kier alpha value is -1.54. The molecule has 2 atom stereocenters. The summed E-state index contributed by atoms with van der Waals surface area (Å²) in [6.07, 6.45) is 4.28. The van der Waals surface area contributed by atoms with Gasteiger partial charge in [-0.25, -0.2) is 0 Å². The molecule has 0 aliphatic heterocycles. The second-order valence-corrected chi connectivity index (χ2v) is 6.00. The molecule has 0 spiro atoms. The first-order valence-electron chi connectivity index (χ1n) is 7.18. The molecule has 2 nitrogen and oxygen atoms in total. The zero-order valence-corrected chi connectivity index (χ0v) is 12.1. The van der Waals surface area contributed by atoms with Crippen molar-refractivity contribution in [2.75, 3.05) is 0 Å². The van der Waals surface area contributed by atoms with E-state index in [0.717, 1.165) is 36.5 Å². The van der Waals surface area contributed by atoms with Crippen molar-refractivity contribution in [1.29, 1.82) is 0 Å². The molecular formula is C17H18ClNO. The highest BCUT2D eigenvalue weighted by Gasteiger charge is 2.24. The predicted molar refractivity (Wildman–Crippen MR) is 83.3 cm³/mol. The molecule has 1 saturated carbocycles. The Labute approximate surface area is 124 Å². The van der Waals surface area contributed by atoms with Crippen LogP contribution >= 0.6 is 11.6 Å². The number of nitrogens with one attached hydrogen (secondary N) is 1. The largest absolute Gasteiger partial charge is 0.348 e. The van der Waals surface area contributed by atoms with Gasteiger partial charge in [-0.1, -0.05) is 43.2 Å². The molecule has 20 heavy (non-hydrogen) atoms. The van der Waals surface area contributed by atoms with Crippen molar-refractivity contribution >= 4 is 28.3 Å². The quantitative estimate of drug-likeness (QED) is 0.827. The van der Waals surface area contributed by atoms with Crippen LogP contribution in [0.15, 0.2) is 42.5 Å². The van der Waals surface area contributed by atoms with Crippen LogP contribution in [0.1, 0.15) is 36.0 Å². The number of carbonyl (C=O) groups is 1. The summed E-state index contributed by atoms with van der Waals surface area (Å²) in [5.74, 6) is -0.0201. The molecule has 1 amide bonds. The standard InChI is InChI=1S/C17H18ClNO/c18-15-7-3-4-8-16(15)19-17(20)14-10-9-12-5-1-2-6-13(12)11-14/h1-2,5-6,9-11,15-16H,3-4,7-8H2,(H,19,20). The van der Waals surface area contributed by atoms with Gasteiger partial charge >= 0.3 is 0 Å². The molecule has 2 aromatic rings. The van der Waals surface area contributed by atoms with E-state index in [4.69, 9.17) is 11.6 Å². The van der Waals surface area contributed by atoms with Gasteiger partial charge in [-0.3, -0.25) is 4.79 Å². The normalized spacial score (nSPS) is 22.6. The van der Waals surface area contributed by atoms with Gasteiger partial charge in [0.05, 0.1) is 5.38 Å². The summed E-state index contributed by atoms with van der Waals surface area (Å²) in [6.45, 7) is 0. The molecule has 1 aliphatic rings. The Morgan fingerprint density at radius 2 is 1.80 bits per heavy atom. The average Bonchev–Trinajstić information content (AvgIpc) is 2.49. The summed E-state index contributed by atoms with van der Waals surface area (Å²) in [6, 6.07) is 14.0. The van der Waals surface area contributed by atoms with E-state index in [1.807, 2.05) is 42.5 Å². The molecule has 0 heterocycles. The lowest BCUT2D eigenvalue weighted by atomic mass is 9.94. The van der Waals surface area contributed by atoms with E-state index in [2.05, 4.69) is 5.32 Å². The van der Waals surface area contributed by atoms with E-state index in [0.29, 0.717) is 5.56 Å². The molecule has 0 saturated heterocycles. The van der Waals surface area contributed by atoms with Crippen molar-refractivity contribution in [2.24, 2.45) is 0 Å². The minimum absolute atomic E-state index is 0.0201. The maximum atomic E-state index is 12.3. The van der Waals surface area contributed by atoms with Gasteiger partial charge in [0.25, 0.3) is 5.91 Å². The molecule has 1 fully saturated rings. The van der Waals surface area contributed by atoms with E-state index in [9.17, 15) is 4.79 Å². The number of fused-ring (bicyclic) bond motifs is 1. The minimum Gasteiger partial charge on any atom is -0.348 e. The van der Waals surface area contributed by atoms with Crippen LogP contribution in [-0.4, -0.2) is 17.3 Å². The van der Waals surface area contributed by atoms with E-state index in [1.165, 1.54) is 0 Å². The minimum atomic E-state index is -0.0201. The number of carbonyl (C=O) groups excluding carboxylic acids is 1. The highest BCUT2D eigenvalue weighted by atomic mass is 35.5. The molecule has 3 heteroatoms. The number of halogens is 1. The first-order chi connectivity index (χ1) is 9.74. The fourth-order valence-electron chi connectivity index (χ4n) is 2.83. The molecule has 2 unspecified atom stereocenters. The molecule has 1 aliphatic carbocycles. The monoisotopic (exact) mass is 287 g/mol. The fourth-order valence-corrected chi connectivity index (χ4v) is 3.17. The molecule has 0 aromatic heterocycles. The van der Waals surface area contributed by atoms with Crippen molar-refractivity contribution in [3.05, 3.63) is 48.0 Å². The second kappa shape index (κ2) is 5.84. The first-order valence-corrected chi connectivity index (χ1v) is 7.61. The van der Waals surface area contributed by atoms with Gasteiger partial charge in [0.1, 0.15) is 0 Å². The zero-order chi connectivity index (χ0) is 13.9. The van der Waals surface area contributed by atoms with E-state index in [-0.39, 0.29) is 17.3 Å². The van der Waals surface area contributed by atoms with Crippen molar-refractivity contribution in [3.63, 3.8) is 0 Å². The van der Waals surface area contributed by atoms with Crippen molar-refractivity contribution in [2.45, 2.75) is 37.1 Å². The third-order valence-corrected chi connectivity index (χ3v) is 4.53. The van der Waals surface area contributed by atoms with Gasteiger partial charge in [0.15, 0.2) is 0 Å². The van der Waals surface area contributed by atoms with Crippen LogP contribution < -0.4 is 5.32 Å². The van der Waals surface area contributed by atoms with Crippen LogP contribution in [0.25, 0.3) is 10.8 Å². The summed E-state index contributed by atoms with van der Waals surface area (Å²) in [5, 5.41) is 5.38. The van der Waals surface area contributed by atoms with Crippen LogP contribution in [0.4, 0.5) is 0 Å². The van der Waals surface area contributed by atoms with Crippen molar-refractivity contribution < 1.29 is 4.79 Å². The number of rotatable bonds is 2. The topological polar surface area (TPSA) is 29.1 Å². The third-order valence-electron chi connectivity index (χ3n) is 4.01. The molecule has 104 valence electrons. The van der Waals surface area contributed by atoms with Gasteiger partial charge in [0.2, 0.25) is 0 Å². The Kier molecular flexibility index (Phi) is 3.93. The molecule has 0 bridgehead atoms. The first kappa shape index (κ1) is 13.4. The van der Waals surface area contributed by atoms with E-state index < -0.39 is 0 Å². The predicted octanol–water partition coefficient (Wildman–Crippen LogP) is 4.12. The molecule has 1 N–H and O–H groups in total. The molecule has 3 rings (SSSR count). The van der Waals surface area contributed by atoms with E-state index in [1.54, 1.807) is 0 Å². The van der Waals surface area contributed by atoms with Gasteiger partial charge in [-0.05, 0) is 35.7 Å². The smallest absolute Gasteiger partial charge is 0.251 e. The molecule has 2 aromatic carbocycles.